The lowest BCUT2D eigenvalue weighted by Gasteiger charge is -2.05. The molecule has 0 bridgehead atoms. The predicted octanol–water partition coefficient (Wildman–Crippen LogP) is 6.62. The maximum atomic E-state index is 5.11. The lowest BCUT2D eigenvalue weighted by molar-refractivity contribution is 0.469. The van der Waals surface area contributed by atoms with Gasteiger partial charge in [-0.1, -0.05) is 128 Å². The van der Waals surface area contributed by atoms with Gasteiger partial charge in [0.1, 0.15) is 7.28 Å². The van der Waals surface area contributed by atoms with Crippen LogP contribution in [0.25, 0.3) is 0 Å². The van der Waals surface area contributed by atoms with Crippen LogP contribution >= 0.6 is 0 Å². The molecular formula is C21H36B3. The number of hydrogen-bond donors (Lipinski definition) is 0. The molecule has 0 amide bonds. The van der Waals surface area contributed by atoms with Gasteiger partial charge in [-0.05, 0) is 5.41 Å². The molecule has 0 atom stereocenters. The molecule has 0 aliphatic heterocycles. The van der Waals surface area contributed by atoms with Crippen LogP contribution < -0.4 is 0 Å². The van der Waals surface area contributed by atoms with Gasteiger partial charge in [-0.15, -0.1) is 0 Å². The molecule has 0 fully saturated rings. The maximum Gasteiger partial charge on any atom is 0.102 e. The highest BCUT2D eigenvalue weighted by molar-refractivity contribution is 7.01. The molecule has 2 rings (SSSR count). The molecule has 0 N–H and O–H groups in total. The average Bonchev–Trinajstić information content (AvgIpc) is 2.50. The number of rotatable bonds is 0. The SMILES string of the molecule is CC(C)(C)C.C[B]C.[B]B(C)C.c1ccccc1.c1ccccc1. The Labute approximate surface area is 155 Å². The molecule has 0 saturated carbocycles. The molecule has 0 aromatic heterocycles. The minimum Gasteiger partial charge on any atom is -0.0937 e. The van der Waals surface area contributed by atoms with Gasteiger partial charge >= 0.3 is 0 Å². The third-order valence-electron chi connectivity index (χ3n) is 1.33. The number of benzene rings is 2. The summed E-state index contributed by atoms with van der Waals surface area (Å²) in [7, 11) is 7.11. The molecule has 3 heteroatoms. The fourth-order valence-electron chi connectivity index (χ4n) is 0.770. The fourth-order valence-corrected chi connectivity index (χ4v) is 0.770. The van der Waals surface area contributed by atoms with Crippen molar-refractivity contribution in [1.82, 2.24) is 0 Å². The Hall–Kier alpha value is -1.37. The van der Waals surface area contributed by atoms with Crippen molar-refractivity contribution in [2.45, 2.75) is 55.0 Å². The Morgan fingerprint density at radius 1 is 0.583 bits per heavy atom. The standard InChI is InChI=1S/2C6H6.C5H12.C2H6B2.C2H6B/c2*1-2-4-6-5-3-1;1-5(2,3)4;1-4(2)3;1-3-2/h2*1-6H;1-4H3;1-2H3;1-2H3. The van der Waals surface area contributed by atoms with Crippen molar-refractivity contribution in [2.75, 3.05) is 0 Å². The lowest BCUT2D eigenvalue weighted by Crippen LogP contribution is -1.94. The van der Waals surface area contributed by atoms with Gasteiger partial charge in [-0.25, -0.2) is 0 Å². The molecule has 0 spiro atoms. The van der Waals surface area contributed by atoms with Crippen molar-refractivity contribution in [1.29, 1.82) is 0 Å². The summed E-state index contributed by atoms with van der Waals surface area (Å²) in [5, 5.41) is 0. The number of hydrogen-bond acceptors (Lipinski definition) is 0. The highest BCUT2D eigenvalue weighted by Gasteiger charge is 1.95. The van der Waals surface area contributed by atoms with E-state index in [-0.39, 0.29) is 0 Å². The summed E-state index contributed by atoms with van der Waals surface area (Å²) in [6, 6.07) is 24.0. The van der Waals surface area contributed by atoms with Crippen LogP contribution in [0, 0.1) is 5.41 Å². The summed E-state index contributed by atoms with van der Waals surface area (Å²) in [5.41, 5.74) is 0.500. The Kier molecular flexibility index (Phi) is 24.8. The molecule has 24 heavy (non-hydrogen) atoms. The molecule has 0 aliphatic carbocycles. The molecule has 0 unspecified atom stereocenters. The van der Waals surface area contributed by atoms with Gasteiger partial charge in [0.05, 0.1) is 6.60 Å². The summed E-state index contributed by atoms with van der Waals surface area (Å²) in [6.45, 7) is 17.0. The summed E-state index contributed by atoms with van der Waals surface area (Å²) in [4.78, 5) is 0. The molecule has 2 aromatic carbocycles. The van der Waals surface area contributed by atoms with Gasteiger partial charge in [0.2, 0.25) is 0 Å². The summed E-state index contributed by atoms with van der Waals surface area (Å²) < 4.78 is 0. The van der Waals surface area contributed by atoms with E-state index in [0.717, 1.165) is 0 Å². The van der Waals surface area contributed by atoms with E-state index in [4.69, 9.17) is 7.74 Å². The van der Waals surface area contributed by atoms with Crippen LogP contribution in [-0.2, 0) is 0 Å². The summed E-state index contributed by atoms with van der Waals surface area (Å²) in [6.07, 6.45) is 0. The van der Waals surface area contributed by atoms with E-state index >= 15 is 0 Å². The van der Waals surface area contributed by atoms with E-state index in [1.165, 1.54) is 0 Å². The van der Waals surface area contributed by atoms with Crippen molar-refractivity contribution >= 4 is 21.6 Å². The van der Waals surface area contributed by atoms with E-state index in [1.807, 2.05) is 107 Å². The predicted molar refractivity (Wildman–Crippen MR) is 119 cm³/mol. The zero-order valence-corrected chi connectivity index (χ0v) is 17.2. The monoisotopic (exact) mass is 321 g/mol. The maximum absolute atomic E-state index is 5.11. The smallest absolute Gasteiger partial charge is 0.0937 e. The second kappa shape index (κ2) is 21.6. The largest absolute Gasteiger partial charge is 0.102 e. The molecule has 0 aliphatic rings. The Morgan fingerprint density at radius 2 is 0.625 bits per heavy atom. The van der Waals surface area contributed by atoms with Crippen molar-refractivity contribution < 1.29 is 0 Å². The minimum absolute atomic E-state index is 0.333. The van der Waals surface area contributed by atoms with Crippen LogP contribution in [0.3, 0.4) is 0 Å². The van der Waals surface area contributed by atoms with Gasteiger partial charge in [-0.3, -0.25) is 0 Å². The molecule has 0 saturated heterocycles. The highest BCUT2D eigenvalue weighted by Crippen LogP contribution is 2.08. The molecular weight excluding hydrogens is 285 g/mol. The van der Waals surface area contributed by atoms with Crippen LogP contribution in [0.15, 0.2) is 72.8 Å². The second-order valence-corrected chi connectivity index (χ2v) is 7.13. The molecule has 3 radical (unpaired) electrons. The van der Waals surface area contributed by atoms with Gasteiger partial charge in [0, 0.05) is 7.74 Å². The van der Waals surface area contributed by atoms with Crippen LogP contribution in [0.2, 0.25) is 27.3 Å². The molecule has 0 heterocycles. The first-order chi connectivity index (χ1) is 11.1. The summed E-state index contributed by atoms with van der Waals surface area (Å²) in [5.74, 6) is 0. The quantitative estimate of drug-likeness (QED) is 0.478. The van der Waals surface area contributed by atoms with E-state index in [9.17, 15) is 0 Å². The Balaban J connectivity index is -0.000000236. The van der Waals surface area contributed by atoms with E-state index in [0.29, 0.717) is 12.0 Å². The van der Waals surface area contributed by atoms with Gasteiger partial charge < -0.3 is 0 Å². The van der Waals surface area contributed by atoms with Crippen LogP contribution in [-0.4, -0.2) is 21.6 Å². The Morgan fingerprint density at radius 3 is 0.667 bits per heavy atom. The van der Waals surface area contributed by atoms with E-state index in [2.05, 4.69) is 27.7 Å². The third-order valence-corrected chi connectivity index (χ3v) is 1.33. The zero-order chi connectivity index (χ0) is 19.3. The first-order valence-corrected chi connectivity index (χ1v) is 8.64. The topological polar surface area (TPSA) is 0 Å². The van der Waals surface area contributed by atoms with Gasteiger partial charge in [0.15, 0.2) is 0 Å². The first-order valence-electron chi connectivity index (χ1n) is 8.64. The van der Waals surface area contributed by atoms with Crippen LogP contribution in [0.4, 0.5) is 0 Å². The zero-order valence-electron chi connectivity index (χ0n) is 17.2. The molecule has 0 nitrogen and oxygen atoms in total. The van der Waals surface area contributed by atoms with Crippen molar-refractivity contribution in [3.8, 4) is 0 Å². The minimum atomic E-state index is 0.333. The van der Waals surface area contributed by atoms with Gasteiger partial charge in [0.25, 0.3) is 0 Å². The first kappa shape index (κ1) is 27.5. The Bertz CT molecular complexity index is 301. The molecule has 129 valence electrons. The molecule has 2 aromatic rings. The fraction of sp³-hybridized carbons (Fsp3) is 0.429. The van der Waals surface area contributed by atoms with Crippen molar-refractivity contribution in [3.63, 3.8) is 0 Å². The second-order valence-electron chi connectivity index (χ2n) is 7.13. The van der Waals surface area contributed by atoms with E-state index in [1.54, 1.807) is 0 Å². The third kappa shape index (κ3) is 70.3. The summed E-state index contributed by atoms with van der Waals surface area (Å²) >= 11 is 0. The van der Waals surface area contributed by atoms with E-state index < -0.39 is 0 Å². The highest BCUT2D eigenvalue weighted by atomic mass is 14.0. The van der Waals surface area contributed by atoms with Crippen LogP contribution in [0.1, 0.15) is 27.7 Å². The lowest BCUT2D eigenvalue weighted by atomic mass is 9.37. The van der Waals surface area contributed by atoms with Crippen molar-refractivity contribution in [2.24, 2.45) is 5.41 Å². The van der Waals surface area contributed by atoms with Crippen molar-refractivity contribution in [3.05, 3.63) is 72.8 Å². The average molecular weight is 321 g/mol. The normalized spacial score (nSPS) is 8.17. The van der Waals surface area contributed by atoms with Crippen LogP contribution in [0.5, 0.6) is 0 Å². The van der Waals surface area contributed by atoms with Gasteiger partial charge in [-0.2, -0.15) is 0 Å².